The van der Waals surface area contributed by atoms with Gasteiger partial charge in [0.15, 0.2) is 0 Å². The van der Waals surface area contributed by atoms with Crippen molar-refractivity contribution < 1.29 is 14.6 Å². The molecule has 0 fully saturated rings. The van der Waals surface area contributed by atoms with Crippen LogP contribution in [0.5, 0.6) is 0 Å². The van der Waals surface area contributed by atoms with Crippen molar-refractivity contribution in [2.75, 3.05) is 7.11 Å². The fraction of sp³-hybridized carbons (Fsp3) is 0.250. The Morgan fingerprint density at radius 1 is 1.50 bits per heavy atom. The third-order valence-corrected chi connectivity index (χ3v) is 2.58. The van der Waals surface area contributed by atoms with Crippen LogP contribution in [0.4, 0.5) is 0 Å². The summed E-state index contributed by atoms with van der Waals surface area (Å²) in [5, 5.41) is 10.9. The van der Waals surface area contributed by atoms with Crippen LogP contribution < -0.4 is 0 Å². The minimum atomic E-state index is -0.827. The molecule has 1 aromatic carbocycles. The van der Waals surface area contributed by atoms with Crippen molar-refractivity contribution in [1.29, 1.82) is 0 Å². The zero-order chi connectivity index (χ0) is 11.5. The summed E-state index contributed by atoms with van der Waals surface area (Å²) in [6.07, 6.45) is 0.951. The van der Waals surface area contributed by atoms with Gasteiger partial charge in [0.2, 0.25) is 0 Å². The molecule has 0 aliphatic rings. The van der Waals surface area contributed by atoms with Crippen molar-refractivity contribution in [3.05, 3.63) is 36.0 Å². The van der Waals surface area contributed by atoms with E-state index in [1.165, 1.54) is 7.11 Å². The number of benzene rings is 1. The molecule has 1 aromatic heterocycles. The maximum atomic E-state index is 11.1. The van der Waals surface area contributed by atoms with E-state index in [9.17, 15) is 9.90 Å². The van der Waals surface area contributed by atoms with E-state index in [1.807, 2.05) is 24.3 Å². The Morgan fingerprint density at radius 2 is 2.31 bits per heavy atom. The van der Waals surface area contributed by atoms with E-state index in [4.69, 9.17) is 0 Å². The number of aromatic nitrogens is 1. The zero-order valence-electron chi connectivity index (χ0n) is 8.93. The average molecular weight is 219 g/mol. The largest absolute Gasteiger partial charge is 0.469 e. The third kappa shape index (κ3) is 1.92. The third-order valence-electron chi connectivity index (χ3n) is 2.58. The molecule has 0 bridgehead atoms. The second-order valence-corrected chi connectivity index (χ2v) is 3.58. The molecule has 4 heteroatoms. The summed E-state index contributed by atoms with van der Waals surface area (Å²) < 4.78 is 4.53. The van der Waals surface area contributed by atoms with Crippen LogP contribution in [0.2, 0.25) is 0 Å². The first kappa shape index (κ1) is 10.7. The number of aliphatic hydroxyl groups is 1. The van der Waals surface area contributed by atoms with Crippen LogP contribution in [0, 0.1) is 0 Å². The molecule has 16 heavy (non-hydrogen) atoms. The van der Waals surface area contributed by atoms with Gasteiger partial charge < -0.3 is 14.8 Å². The predicted molar refractivity (Wildman–Crippen MR) is 59.9 cm³/mol. The molecular weight excluding hydrogens is 206 g/mol. The summed E-state index contributed by atoms with van der Waals surface area (Å²) in [6, 6.07) is 7.45. The van der Waals surface area contributed by atoms with E-state index in [-0.39, 0.29) is 6.42 Å². The molecule has 1 unspecified atom stereocenters. The molecule has 2 aromatic rings. The molecular formula is C12H13NO3. The second-order valence-electron chi connectivity index (χ2n) is 3.58. The number of rotatable bonds is 3. The first-order valence-electron chi connectivity index (χ1n) is 5.03. The second kappa shape index (κ2) is 4.37. The van der Waals surface area contributed by atoms with E-state index in [1.54, 1.807) is 6.20 Å². The number of fused-ring (bicyclic) bond motifs is 1. The lowest BCUT2D eigenvalue weighted by Gasteiger charge is -2.10. The molecule has 2 N–H and O–H groups in total. The van der Waals surface area contributed by atoms with Gasteiger partial charge in [0.1, 0.15) is 0 Å². The number of esters is 1. The van der Waals surface area contributed by atoms with Crippen molar-refractivity contribution >= 4 is 16.9 Å². The molecule has 2 rings (SSSR count). The van der Waals surface area contributed by atoms with Gasteiger partial charge >= 0.3 is 5.97 Å². The molecule has 1 heterocycles. The minimum Gasteiger partial charge on any atom is -0.469 e. The summed E-state index contributed by atoms with van der Waals surface area (Å²) in [5.74, 6) is -0.417. The van der Waals surface area contributed by atoms with Gasteiger partial charge in [-0.2, -0.15) is 0 Å². The number of methoxy groups -OCH3 is 1. The summed E-state index contributed by atoms with van der Waals surface area (Å²) >= 11 is 0. The molecule has 4 nitrogen and oxygen atoms in total. The Hall–Kier alpha value is -1.81. The van der Waals surface area contributed by atoms with Gasteiger partial charge in [-0.05, 0) is 17.7 Å². The van der Waals surface area contributed by atoms with E-state index in [0.29, 0.717) is 0 Å². The van der Waals surface area contributed by atoms with E-state index < -0.39 is 12.1 Å². The highest BCUT2D eigenvalue weighted by atomic mass is 16.5. The number of hydrogen-bond donors (Lipinski definition) is 2. The normalized spacial score (nSPS) is 12.6. The fourth-order valence-electron chi connectivity index (χ4n) is 1.75. The molecule has 84 valence electrons. The lowest BCUT2D eigenvalue weighted by molar-refractivity contribution is -0.142. The maximum absolute atomic E-state index is 11.1. The van der Waals surface area contributed by atoms with Crippen molar-refractivity contribution in [3.63, 3.8) is 0 Å². The molecule has 0 aliphatic carbocycles. The van der Waals surface area contributed by atoms with Crippen LogP contribution in [0.25, 0.3) is 10.9 Å². The average Bonchev–Trinajstić information content (AvgIpc) is 2.76. The number of nitrogens with one attached hydrogen (secondary N) is 1. The molecule has 0 aliphatic heterocycles. The summed E-state index contributed by atoms with van der Waals surface area (Å²) in [7, 11) is 1.31. The minimum absolute atomic E-state index is 0.0270. The standard InChI is InChI=1S/C12H13NO3/c1-16-12(15)7-11(14)9-3-2-4-10-8(9)5-6-13-10/h2-6,11,13-14H,7H2,1H3. The van der Waals surface area contributed by atoms with Gasteiger partial charge in [-0.3, -0.25) is 4.79 Å². The zero-order valence-corrected chi connectivity index (χ0v) is 8.93. The Morgan fingerprint density at radius 3 is 3.06 bits per heavy atom. The smallest absolute Gasteiger partial charge is 0.308 e. The number of H-pyrrole nitrogens is 1. The Balaban J connectivity index is 2.32. The van der Waals surface area contributed by atoms with Crippen LogP contribution >= 0.6 is 0 Å². The predicted octanol–water partition coefficient (Wildman–Crippen LogP) is 1.76. The quantitative estimate of drug-likeness (QED) is 0.773. The molecule has 0 spiro atoms. The lowest BCUT2D eigenvalue weighted by atomic mass is 10.0. The Labute approximate surface area is 92.9 Å². The van der Waals surface area contributed by atoms with Gasteiger partial charge in [0.25, 0.3) is 0 Å². The Kier molecular flexibility index (Phi) is 2.92. The number of hydrogen-bond acceptors (Lipinski definition) is 3. The monoisotopic (exact) mass is 219 g/mol. The SMILES string of the molecule is COC(=O)CC(O)c1cccc2[nH]ccc12. The number of aromatic amines is 1. The topological polar surface area (TPSA) is 62.3 Å². The first-order chi connectivity index (χ1) is 7.72. The number of aliphatic hydroxyl groups excluding tert-OH is 1. The molecule has 0 saturated carbocycles. The summed E-state index contributed by atoms with van der Waals surface area (Å²) in [4.78, 5) is 14.1. The van der Waals surface area contributed by atoms with E-state index in [0.717, 1.165) is 16.5 Å². The Bertz CT molecular complexity index is 504. The summed E-state index contributed by atoms with van der Waals surface area (Å²) in [5.41, 5.74) is 1.69. The van der Waals surface area contributed by atoms with Crippen LogP contribution in [0.1, 0.15) is 18.1 Å². The molecule has 1 atom stereocenters. The van der Waals surface area contributed by atoms with Gasteiger partial charge in [-0.25, -0.2) is 0 Å². The molecule has 0 amide bonds. The number of carbonyl (C=O) groups is 1. The fourth-order valence-corrected chi connectivity index (χ4v) is 1.75. The van der Waals surface area contributed by atoms with E-state index in [2.05, 4.69) is 9.72 Å². The maximum Gasteiger partial charge on any atom is 0.308 e. The molecule has 0 radical (unpaired) electrons. The van der Waals surface area contributed by atoms with Crippen molar-refractivity contribution in [3.8, 4) is 0 Å². The van der Waals surface area contributed by atoms with Crippen LogP contribution in [-0.2, 0) is 9.53 Å². The first-order valence-corrected chi connectivity index (χ1v) is 5.03. The molecule has 0 saturated heterocycles. The number of ether oxygens (including phenoxy) is 1. The van der Waals surface area contributed by atoms with Crippen molar-refractivity contribution in [1.82, 2.24) is 4.98 Å². The summed E-state index contributed by atoms with van der Waals surface area (Å²) in [6.45, 7) is 0. The van der Waals surface area contributed by atoms with Crippen molar-refractivity contribution in [2.24, 2.45) is 0 Å². The number of carbonyl (C=O) groups excluding carboxylic acids is 1. The van der Waals surface area contributed by atoms with Gasteiger partial charge in [-0.1, -0.05) is 12.1 Å². The van der Waals surface area contributed by atoms with Crippen LogP contribution in [-0.4, -0.2) is 23.2 Å². The van der Waals surface area contributed by atoms with Crippen LogP contribution in [0.3, 0.4) is 0 Å². The van der Waals surface area contributed by atoms with Gasteiger partial charge in [-0.15, -0.1) is 0 Å². The van der Waals surface area contributed by atoms with Crippen molar-refractivity contribution in [2.45, 2.75) is 12.5 Å². The highest BCUT2D eigenvalue weighted by Gasteiger charge is 2.15. The van der Waals surface area contributed by atoms with Gasteiger partial charge in [0, 0.05) is 17.1 Å². The highest BCUT2D eigenvalue weighted by molar-refractivity contribution is 5.84. The van der Waals surface area contributed by atoms with Crippen LogP contribution in [0.15, 0.2) is 30.5 Å². The lowest BCUT2D eigenvalue weighted by Crippen LogP contribution is -2.08. The van der Waals surface area contributed by atoms with E-state index >= 15 is 0 Å². The van der Waals surface area contributed by atoms with Gasteiger partial charge in [0.05, 0.1) is 19.6 Å². The highest BCUT2D eigenvalue weighted by Crippen LogP contribution is 2.25.